The molecule has 25 heavy (non-hydrogen) atoms. The Hall–Kier alpha value is -2.33. The summed E-state index contributed by atoms with van der Waals surface area (Å²) >= 11 is 5.83. The van der Waals surface area contributed by atoms with Gasteiger partial charge in [0.1, 0.15) is 0 Å². The molecule has 1 aliphatic carbocycles. The van der Waals surface area contributed by atoms with Crippen molar-refractivity contribution in [1.82, 2.24) is 0 Å². The zero-order chi connectivity index (χ0) is 18.1. The number of rotatable bonds is 4. The monoisotopic (exact) mass is 356 g/mol. The minimum atomic E-state index is -0.276. The molecule has 0 heterocycles. The summed E-state index contributed by atoms with van der Waals surface area (Å²) < 4.78 is 0. The number of anilines is 2. The van der Waals surface area contributed by atoms with Crippen molar-refractivity contribution >= 4 is 34.8 Å². The fraction of sp³-hybridized carbons (Fsp3) is 0.300. The van der Waals surface area contributed by atoms with Gasteiger partial charge >= 0.3 is 0 Å². The van der Waals surface area contributed by atoms with E-state index in [-0.39, 0.29) is 23.7 Å². The summed E-state index contributed by atoms with van der Waals surface area (Å²) in [5.74, 6) is -0.764. The van der Waals surface area contributed by atoms with Crippen molar-refractivity contribution < 1.29 is 9.59 Å². The fourth-order valence-corrected chi connectivity index (χ4v) is 3.26. The molecule has 2 amide bonds. The Bertz CT molecular complexity index is 807. The number of halogens is 1. The molecule has 1 aliphatic rings. The molecule has 2 aromatic carbocycles. The number of benzene rings is 2. The van der Waals surface area contributed by atoms with Gasteiger partial charge < -0.3 is 10.6 Å². The van der Waals surface area contributed by atoms with E-state index in [1.807, 2.05) is 32.9 Å². The maximum atomic E-state index is 12.5. The molecule has 1 saturated carbocycles. The molecule has 3 rings (SSSR count). The van der Waals surface area contributed by atoms with Gasteiger partial charge in [-0.1, -0.05) is 29.3 Å². The van der Waals surface area contributed by atoms with E-state index in [1.54, 1.807) is 24.3 Å². The number of carbonyl (C=O) groups excluding carboxylic acids is 2. The maximum Gasteiger partial charge on any atom is 0.228 e. The van der Waals surface area contributed by atoms with Gasteiger partial charge in [-0.2, -0.15) is 0 Å². The van der Waals surface area contributed by atoms with Crippen LogP contribution in [0, 0.1) is 32.6 Å². The highest BCUT2D eigenvalue weighted by molar-refractivity contribution is 6.30. The van der Waals surface area contributed by atoms with E-state index >= 15 is 0 Å². The molecule has 0 bridgehead atoms. The van der Waals surface area contributed by atoms with Gasteiger partial charge in [0.2, 0.25) is 11.8 Å². The zero-order valence-electron chi connectivity index (χ0n) is 14.5. The molecule has 0 aromatic heterocycles. The van der Waals surface area contributed by atoms with E-state index in [0.29, 0.717) is 17.1 Å². The van der Waals surface area contributed by atoms with Crippen LogP contribution in [0.3, 0.4) is 0 Å². The van der Waals surface area contributed by atoms with Gasteiger partial charge in [-0.15, -0.1) is 0 Å². The smallest absolute Gasteiger partial charge is 0.228 e. The Kier molecular flexibility index (Phi) is 4.82. The lowest BCUT2D eigenvalue weighted by Gasteiger charge is -2.13. The number of aryl methyl sites for hydroxylation is 3. The first-order chi connectivity index (χ1) is 11.8. The van der Waals surface area contributed by atoms with Gasteiger partial charge in [0.25, 0.3) is 0 Å². The summed E-state index contributed by atoms with van der Waals surface area (Å²) in [7, 11) is 0. The lowest BCUT2D eigenvalue weighted by Crippen LogP contribution is -2.21. The lowest BCUT2D eigenvalue weighted by molar-refractivity contribution is -0.122. The second-order valence-corrected chi connectivity index (χ2v) is 7.14. The van der Waals surface area contributed by atoms with Crippen LogP contribution in [0.5, 0.6) is 0 Å². The van der Waals surface area contributed by atoms with Crippen molar-refractivity contribution in [3.63, 3.8) is 0 Å². The molecule has 0 saturated heterocycles. The van der Waals surface area contributed by atoms with Gasteiger partial charge in [0.05, 0.1) is 11.8 Å². The summed E-state index contributed by atoms with van der Waals surface area (Å²) in [6.07, 6.45) is 0.579. The number of carbonyl (C=O) groups is 2. The minimum absolute atomic E-state index is 0.0914. The molecule has 2 unspecified atom stereocenters. The predicted molar refractivity (Wildman–Crippen MR) is 101 cm³/mol. The number of hydrogen-bond acceptors (Lipinski definition) is 2. The molecule has 0 spiro atoms. The van der Waals surface area contributed by atoms with Crippen LogP contribution in [0.15, 0.2) is 36.4 Å². The highest BCUT2D eigenvalue weighted by Gasteiger charge is 2.48. The molecule has 1 fully saturated rings. The quantitative estimate of drug-likeness (QED) is 0.848. The van der Waals surface area contributed by atoms with Crippen molar-refractivity contribution in [2.45, 2.75) is 27.2 Å². The normalized spacial score (nSPS) is 18.6. The Labute approximate surface area is 152 Å². The molecular formula is C20H21ClN2O2. The fourth-order valence-electron chi connectivity index (χ4n) is 3.14. The molecule has 2 aromatic rings. The third-order valence-electron chi connectivity index (χ3n) is 4.50. The number of nitrogens with one attached hydrogen (secondary N) is 2. The summed E-state index contributed by atoms with van der Waals surface area (Å²) in [4.78, 5) is 24.7. The molecule has 0 radical (unpaired) electrons. The first-order valence-corrected chi connectivity index (χ1v) is 8.68. The van der Waals surface area contributed by atoms with Crippen LogP contribution in [0.1, 0.15) is 23.1 Å². The van der Waals surface area contributed by atoms with Gasteiger partial charge in [-0.3, -0.25) is 9.59 Å². The van der Waals surface area contributed by atoms with Gasteiger partial charge in [-0.25, -0.2) is 0 Å². The van der Waals surface area contributed by atoms with E-state index in [9.17, 15) is 9.59 Å². The van der Waals surface area contributed by atoms with E-state index in [1.165, 1.54) is 5.56 Å². The van der Waals surface area contributed by atoms with Crippen LogP contribution in [-0.4, -0.2) is 11.8 Å². The second kappa shape index (κ2) is 6.89. The average molecular weight is 357 g/mol. The molecule has 2 N–H and O–H groups in total. The van der Waals surface area contributed by atoms with E-state index < -0.39 is 0 Å². The van der Waals surface area contributed by atoms with Gasteiger partial charge in [0, 0.05) is 16.4 Å². The van der Waals surface area contributed by atoms with E-state index in [0.717, 1.165) is 16.8 Å². The van der Waals surface area contributed by atoms with Crippen molar-refractivity contribution in [3.05, 3.63) is 58.1 Å². The van der Waals surface area contributed by atoms with Crippen LogP contribution < -0.4 is 10.6 Å². The predicted octanol–water partition coefficient (Wildman–Crippen LogP) is 4.48. The Balaban J connectivity index is 1.60. The van der Waals surface area contributed by atoms with Crippen LogP contribution in [0.4, 0.5) is 11.4 Å². The van der Waals surface area contributed by atoms with Crippen molar-refractivity contribution in [2.75, 3.05) is 10.6 Å². The van der Waals surface area contributed by atoms with Crippen molar-refractivity contribution in [1.29, 1.82) is 0 Å². The van der Waals surface area contributed by atoms with E-state index in [4.69, 9.17) is 11.6 Å². The first-order valence-electron chi connectivity index (χ1n) is 8.30. The van der Waals surface area contributed by atoms with E-state index in [2.05, 4.69) is 10.6 Å². The average Bonchev–Trinajstić information content (AvgIpc) is 3.33. The Morgan fingerprint density at radius 1 is 0.920 bits per heavy atom. The molecule has 5 heteroatoms. The van der Waals surface area contributed by atoms with Crippen LogP contribution >= 0.6 is 11.6 Å². The van der Waals surface area contributed by atoms with Crippen molar-refractivity contribution in [3.8, 4) is 0 Å². The summed E-state index contributed by atoms with van der Waals surface area (Å²) in [5.41, 5.74) is 4.77. The number of hydrogen-bond donors (Lipinski definition) is 2. The molecular weight excluding hydrogens is 336 g/mol. The van der Waals surface area contributed by atoms with Gasteiger partial charge in [-0.05, 0) is 62.6 Å². The topological polar surface area (TPSA) is 58.2 Å². The molecule has 4 nitrogen and oxygen atoms in total. The largest absolute Gasteiger partial charge is 0.326 e. The molecule has 0 aliphatic heterocycles. The van der Waals surface area contributed by atoms with Crippen molar-refractivity contribution in [2.24, 2.45) is 11.8 Å². The molecule has 130 valence electrons. The summed E-state index contributed by atoms with van der Waals surface area (Å²) in [6, 6.07) is 11.0. The highest BCUT2D eigenvalue weighted by atomic mass is 35.5. The number of amides is 2. The first kappa shape index (κ1) is 17.5. The highest BCUT2D eigenvalue weighted by Crippen LogP contribution is 2.40. The lowest BCUT2D eigenvalue weighted by atomic mass is 10.0. The Morgan fingerprint density at radius 2 is 1.44 bits per heavy atom. The van der Waals surface area contributed by atoms with Gasteiger partial charge in [0.15, 0.2) is 0 Å². The van der Waals surface area contributed by atoms with Crippen LogP contribution in [0.25, 0.3) is 0 Å². The summed E-state index contributed by atoms with van der Waals surface area (Å²) in [5, 5.41) is 6.44. The second-order valence-electron chi connectivity index (χ2n) is 6.71. The Morgan fingerprint density at radius 3 is 2.00 bits per heavy atom. The maximum absolute atomic E-state index is 12.5. The summed E-state index contributed by atoms with van der Waals surface area (Å²) in [6.45, 7) is 5.99. The third-order valence-corrected chi connectivity index (χ3v) is 4.75. The standard InChI is InChI=1S/C20H21ClN2O2/c1-11-8-12(2)18(13(3)9-11)23-20(25)17-10-16(17)19(24)22-15-6-4-14(21)5-7-15/h4-9,16-17H,10H2,1-3H3,(H,22,24)(H,23,25). The third kappa shape index (κ3) is 4.02. The van der Waals surface area contributed by atoms with Crippen LogP contribution in [0.2, 0.25) is 5.02 Å². The zero-order valence-corrected chi connectivity index (χ0v) is 15.3. The molecule has 2 atom stereocenters. The minimum Gasteiger partial charge on any atom is -0.326 e. The van der Waals surface area contributed by atoms with Crippen LogP contribution in [-0.2, 0) is 9.59 Å². The SMILES string of the molecule is Cc1cc(C)c(NC(=O)C2CC2C(=O)Nc2ccc(Cl)cc2)c(C)c1.